The lowest BCUT2D eigenvalue weighted by atomic mass is 9.99. The van der Waals surface area contributed by atoms with E-state index in [1.807, 2.05) is 30.3 Å². The number of H-pyrrole nitrogens is 1. The number of nitrogens with zero attached hydrogens (tertiary/aromatic N) is 2. The number of carboxylic acids is 1. The van der Waals surface area contributed by atoms with Gasteiger partial charge >= 0.3 is 5.97 Å². The third-order valence-corrected chi connectivity index (χ3v) is 4.67. The lowest BCUT2D eigenvalue weighted by Gasteiger charge is -2.14. The van der Waals surface area contributed by atoms with Crippen LogP contribution in [0.5, 0.6) is 0 Å². The van der Waals surface area contributed by atoms with Crippen LogP contribution in [-0.4, -0.2) is 25.7 Å². The highest BCUT2D eigenvalue weighted by molar-refractivity contribution is 6.30. The second-order valence-corrected chi connectivity index (χ2v) is 6.56. The van der Waals surface area contributed by atoms with Crippen LogP contribution in [0.3, 0.4) is 0 Å². The SMILES string of the molecule is Cc1ccn(NCc2[nH]c(-c3ccccc3)nc2Cl)c(=O)c1C(C)C(=O)O. The molecule has 0 amide bonds. The van der Waals surface area contributed by atoms with Crippen molar-refractivity contribution in [1.82, 2.24) is 14.6 Å². The number of imidazole rings is 1. The summed E-state index contributed by atoms with van der Waals surface area (Å²) in [6.07, 6.45) is 1.57. The quantitative estimate of drug-likeness (QED) is 0.604. The minimum absolute atomic E-state index is 0.225. The molecule has 0 saturated carbocycles. The Morgan fingerprint density at radius 3 is 2.70 bits per heavy atom. The maximum Gasteiger partial charge on any atom is 0.310 e. The van der Waals surface area contributed by atoms with E-state index in [4.69, 9.17) is 11.6 Å². The number of hydrogen-bond donors (Lipinski definition) is 3. The molecule has 0 aliphatic heterocycles. The molecule has 2 heterocycles. The zero-order valence-electron chi connectivity index (χ0n) is 14.9. The van der Waals surface area contributed by atoms with Gasteiger partial charge in [0.25, 0.3) is 5.56 Å². The van der Waals surface area contributed by atoms with Crippen molar-refractivity contribution >= 4 is 17.6 Å². The number of rotatable bonds is 6. The number of benzene rings is 1. The normalized spacial score (nSPS) is 12.0. The van der Waals surface area contributed by atoms with Crippen LogP contribution in [-0.2, 0) is 11.3 Å². The first-order valence-corrected chi connectivity index (χ1v) is 8.75. The molecular weight excluding hydrogens is 368 g/mol. The number of pyridine rings is 1. The van der Waals surface area contributed by atoms with Gasteiger partial charge in [-0.3, -0.25) is 9.59 Å². The molecule has 0 spiro atoms. The molecule has 1 atom stereocenters. The van der Waals surface area contributed by atoms with E-state index in [9.17, 15) is 14.7 Å². The number of carboxylic acid groups (broad SMARTS) is 1. The van der Waals surface area contributed by atoms with E-state index in [1.54, 1.807) is 19.2 Å². The minimum Gasteiger partial charge on any atom is -0.481 e. The Morgan fingerprint density at radius 2 is 2.04 bits per heavy atom. The van der Waals surface area contributed by atoms with E-state index in [0.29, 0.717) is 22.2 Å². The summed E-state index contributed by atoms with van der Waals surface area (Å²) < 4.78 is 1.27. The summed E-state index contributed by atoms with van der Waals surface area (Å²) >= 11 is 6.20. The maximum atomic E-state index is 12.6. The van der Waals surface area contributed by atoms with Crippen molar-refractivity contribution in [2.45, 2.75) is 26.3 Å². The van der Waals surface area contributed by atoms with Gasteiger partial charge in [-0.1, -0.05) is 41.9 Å². The molecule has 1 unspecified atom stereocenters. The van der Waals surface area contributed by atoms with E-state index in [1.165, 1.54) is 11.6 Å². The van der Waals surface area contributed by atoms with Gasteiger partial charge in [0.1, 0.15) is 5.82 Å². The molecule has 27 heavy (non-hydrogen) atoms. The lowest BCUT2D eigenvalue weighted by molar-refractivity contribution is -0.138. The van der Waals surface area contributed by atoms with Crippen LogP contribution in [0.1, 0.15) is 29.7 Å². The van der Waals surface area contributed by atoms with E-state index >= 15 is 0 Å². The summed E-state index contributed by atoms with van der Waals surface area (Å²) in [4.78, 5) is 31.4. The van der Waals surface area contributed by atoms with E-state index in [-0.39, 0.29) is 12.1 Å². The Balaban J connectivity index is 1.84. The van der Waals surface area contributed by atoms with E-state index in [0.717, 1.165) is 5.56 Å². The fraction of sp³-hybridized carbons (Fsp3) is 0.211. The van der Waals surface area contributed by atoms with Crippen LogP contribution in [0, 0.1) is 6.92 Å². The van der Waals surface area contributed by atoms with Crippen molar-refractivity contribution in [3.63, 3.8) is 0 Å². The molecule has 3 aromatic rings. The molecule has 0 bridgehead atoms. The van der Waals surface area contributed by atoms with Crippen LogP contribution in [0.4, 0.5) is 0 Å². The predicted octanol–water partition coefficient (Wildman–Crippen LogP) is 3.13. The van der Waals surface area contributed by atoms with Crippen molar-refractivity contribution in [2.75, 3.05) is 5.43 Å². The summed E-state index contributed by atoms with van der Waals surface area (Å²) in [5.41, 5.74) is 4.96. The molecule has 3 N–H and O–H groups in total. The number of carbonyl (C=O) groups is 1. The zero-order valence-corrected chi connectivity index (χ0v) is 15.6. The van der Waals surface area contributed by atoms with Gasteiger partial charge in [-0.15, -0.1) is 0 Å². The fourth-order valence-electron chi connectivity index (χ4n) is 2.82. The molecule has 1 aromatic carbocycles. The molecule has 140 valence electrons. The van der Waals surface area contributed by atoms with Gasteiger partial charge in [-0.2, -0.15) is 0 Å². The Kier molecular flexibility index (Phi) is 5.32. The number of aryl methyl sites for hydroxylation is 1. The molecule has 0 radical (unpaired) electrons. The van der Waals surface area contributed by atoms with E-state index < -0.39 is 17.4 Å². The number of aromatic amines is 1. The zero-order chi connectivity index (χ0) is 19.6. The predicted molar refractivity (Wildman–Crippen MR) is 104 cm³/mol. The largest absolute Gasteiger partial charge is 0.481 e. The number of halogens is 1. The average molecular weight is 387 g/mol. The Bertz CT molecular complexity index is 1030. The molecule has 0 fully saturated rings. The molecule has 0 saturated heterocycles. The van der Waals surface area contributed by atoms with Gasteiger partial charge < -0.3 is 15.5 Å². The van der Waals surface area contributed by atoms with Crippen molar-refractivity contribution < 1.29 is 9.90 Å². The molecule has 0 aliphatic carbocycles. The van der Waals surface area contributed by atoms with Crippen molar-refractivity contribution in [2.24, 2.45) is 0 Å². The highest BCUT2D eigenvalue weighted by Crippen LogP contribution is 2.21. The molecule has 2 aromatic heterocycles. The van der Waals surface area contributed by atoms with Crippen LogP contribution < -0.4 is 11.0 Å². The number of aliphatic carboxylic acids is 1. The molecule has 3 rings (SSSR count). The summed E-state index contributed by atoms with van der Waals surface area (Å²) in [5, 5.41) is 9.54. The molecular formula is C19H19ClN4O3. The van der Waals surface area contributed by atoms with Crippen molar-refractivity contribution in [1.29, 1.82) is 0 Å². The van der Waals surface area contributed by atoms with Crippen molar-refractivity contribution in [3.8, 4) is 11.4 Å². The second kappa shape index (κ2) is 7.67. The van der Waals surface area contributed by atoms with Gasteiger partial charge in [0.05, 0.1) is 18.2 Å². The molecule has 0 aliphatic rings. The smallest absolute Gasteiger partial charge is 0.310 e. The summed E-state index contributed by atoms with van der Waals surface area (Å²) in [5.74, 6) is -1.31. The minimum atomic E-state index is -1.04. The van der Waals surface area contributed by atoms with Gasteiger partial charge in [-0.25, -0.2) is 9.66 Å². The average Bonchev–Trinajstić information content (AvgIpc) is 3.02. The summed E-state index contributed by atoms with van der Waals surface area (Å²) in [6, 6.07) is 11.2. The van der Waals surface area contributed by atoms with Crippen LogP contribution in [0.25, 0.3) is 11.4 Å². The monoisotopic (exact) mass is 386 g/mol. The lowest BCUT2D eigenvalue weighted by Crippen LogP contribution is -2.33. The van der Waals surface area contributed by atoms with Gasteiger partial charge in [0.15, 0.2) is 5.15 Å². The van der Waals surface area contributed by atoms with Crippen LogP contribution in [0.2, 0.25) is 5.15 Å². The standard InChI is InChI=1S/C19H19ClN4O3/c1-11-8-9-24(18(25)15(11)12(2)19(26)27)21-10-14-16(20)23-17(22-14)13-6-4-3-5-7-13/h3-9,12,21H,10H2,1-2H3,(H,22,23)(H,26,27). The maximum absolute atomic E-state index is 12.6. The summed E-state index contributed by atoms with van der Waals surface area (Å²) in [7, 11) is 0. The highest BCUT2D eigenvalue weighted by Gasteiger charge is 2.21. The highest BCUT2D eigenvalue weighted by atomic mass is 35.5. The molecule has 8 heteroatoms. The first-order valence-electron chi connectivity index (χ1n) is 8.37. The Labute approximate surface area is 160 Å². The Morgan fingerprint density at radius 1 is 1.33 bits per heavy atom. The van der Waals surface area contributed by atoms with E-state index in [2.05, 4.69) is 15.4 Å². The van der Waals surface area contributed by atoms with Gasteiger partial charge in [0.2, 0.25) is 0 Å². The van der Waals surface area contributed by atoms with Gasteiger partial charge in [0, 0.05) is 17.3 Å². The first-order chi connectivity index (χ1) is 12.9. The fourth-order valence-corrected chi connectivity index (χ4v) is 3.02. The second-order valence-electron chi connectivity index (χ2n) is 6.20. The number of aromatic nitrogens is 3. The third kappa shape index (κ3) is 3.88. The summed E-state index contributed by atoms with van der Waals surface area (Å²) in [6.45, 7) is 3.44. The third-order valence-electron chi connectivity index (χ3n) is 4.35. The Hall–Kier alpha value is -3.06. The van der Waals surface area contributed by atoms with Crippen molar-refractivity contribution in [3.05, 3.63) is 74.9 Å². The van der Waals surface area contributed by atoms with Gasteiger partial charge in [-0.05, 0) is 25.5 Å². The first kappa shape index (κ1) is 18.7. The number of hydrogen-bond acceptors (Lipinski definition) is 4. The van der Waals surface area contributed by atoms with Crippen LogP contribution in [0.15, 0.2) is 47.4 Å². The molecule has 7 nitrogen and oxygen atoms in total. The topological polar surface area (TPSA) is 100 Å². The van der Waals surface area contributed by atoms with Crippen LogP contribution >= 0.6 is 11.6 Å². The number of nitrogens with one attached hydrogen (secondary N) is 2.